The Hall–Kier alpha value is -2.05. The number of amides is 1. The van der Waals surface area contributed by atoms with Gasteiger partial charge in [-0.05, 0) is 42.3 Å². The molecule has 7 heteroatoms. The first-order valence-electron chi connectivity index (χ1n) is 7.34. The van der Waals surface area contributed by atoms with E-state index in [1.165, 1.54) is 7.05 Å². The Morgan fingerprint density at radius 2 is 1.83 bits per heavy atom. The molecule has 0 aliphatic carbocycles. The normalized spacial score (nSPS) is 11.1. The van der Waals surface area contributed by atoms with Gasteiger partial charge in [-0.3, -0.25) is 9.10 Å². The third-order valence-corrected chi connectivity index (χ3v) is 5.00. The molecule has 128 valence electrons. The van der Waals surface area contributed by atoms with Crippen LogP contribution >= 0.6 is 11.6 Å². The minimum absolute atomic E-state index is 0.135. The Kier molecular flexibility index (Phi) is 5.85. The second-order valence-corrected chi connectivity index (χ2v) is 7.91. The van der Waals surface area contributed by atoms with E-state index in [0.717, 1.165) is 16.1 Å². The van der Waals surface area contributed by atoms with Crippen LogP contribution in [0.15, 0.2) is 48.5 Å². The van der Waals surface area contributed by atoms with Crippen LogP contribution < -0.4 is 9.62 Å². The van der Waals surface area contributed by atoms with E-state index in [1.807, 2.05) is 12.1 Å². The van der Waals surface area contributed by atoms with Crippen molar-refractivity contribution < 1.29 is 13.2 Å². The number of hydrogen-bond acceptors (Lipinski definition) is 3. The highest BCUT2D eigenvalue weighted by atomic mass is 35.5. The number of carbonyl (C=O) groups is 1. The van der Waals surface area contributed by atoms with Crippen LogP contribution in [0.4, 0.5) is 11.4 Å². The summed E-state index contributed by atoms with van der Waals surface area (Å²) in [6.45, 7) is 0. The van der Waals surface area contributed by atoms with E-state index in [-0.39, 0.29) is 5.91 Å². The molecule has 0 bridgehead atoms. The van der Waals surface area contributed by atoms with Crippen molar-refractivity contribution in [3.05, 3.63) is 59.1 Å². The molecule has 0 fully saturated rings. The van der Waals surface area contributed by atoms with Crippen LogP contribution in [0.25, 0.3) is 0 Å². The second kappa shape index (κ2) is 7.68. The van der Waals surface area contributed by atoms with Crippen molar-refractivity contribution in [2.24, 2.45) is 0 Å². The van der Waals surface area contributed by atoms with Gasteiger partial charge in [-0.25, -0.2) is 8.42 Å². The zero-order valence-electron chi connectivity index (χ0n) is 13.5. The molecule has 0 saturated carbocycles. The van der Waals surface area contributed by atoms with Gasteiger partial charge in [0.25, 0.3) is 0 Å². The summed E-state index contributed by atoms with van der Waals surface area (Å²) in [6.07, 6.45) is 2.06. The average Bonchev–Trinajstić information content (AvgIpc) is 2.53. The van der Waals surface area contributed by atoms with Gasteiger partial charge in [0.1, 0.15) is 0 Å². The van der Waals surface area contributed by atoms with Crippen LogP contribution in [-0.4, -0.2) is 27.6 Å². The summed E-state index contributed by atoms with van der Waals surface area (Å²) >= 11 is 5.83. The summed E-state index contributed by atoms with van der Waals surface area (Å²) in [4.78, 5) is 12.1. The number of aryl methyl sites for hydroxylation is 1. The number of nitrogens with one attached hydrogen (secondary N) is 1. The van der Waals surface area contributed by atoms with Gasteiger partial charge in [-0.1, -0.05) is 29.8 Å². The Bertz CT molecular complexity index is 820. The molecule has 0 atom stereocenters. The van der Waals surface area contributed by atoms with E-state index in [0.29, 0.717) is 29.2 Å². The zero-order chi connectivity index (χ0) is 17.7. The molecule has 0 unspecified atom stereocenters. The first-order chi connectivity index (χ1) is 11.3. The summed E-state index contributed by atoms with van der Waals surface area (Å²) in [6, 6.07) is 14.1. The predicted octanol–water partition coefficient (Wildman–Crippen LogP) is 3.31. The third kappa shape index (κ3) is 5.25. The summed E-state index contributed by atoms with van der Waals surface area (Å²) in [5, 5.41) is 3.45. The predicted molar refractivity (Wildman–Crippen MR) is 98.1 cm³/mol. The molecule has 0 saturated heterocycles. The number of nitrogens with zero attached hydrogens (tertiary/aromatic N) is 1. The maximum atomic E-state index is 12.1. The van der Waals surface area contributed by atoms with Crippen LogP contribution in [0, 0.1) is 0 Å². The molecule has 0 aliphatic rings. The number of sulfonamides is 1. The largest absolute Gasteiger partial charge is 0.326 e. The maximum absolute atomic E-state index is 12.1. The fourth-order valence-corrected chi connectivity index (χ4v) is 2.73. The molecular formula is C17H19ClN2O3S. The van der Waals surface area contributed by atoms with Gasteiger partial charge < -0.3 is 5.32 Å². The molecule has 1 N–H and O–H groups in total. The van der Waals surface area contributed by atoms with E-state index in [9.17, 15) is 13.2 Å². The van der Waals surface area contributed by atoms with Gasteiger partial charge in [-0.2, -0.15) is 0 Å². The Morgan fingerprint density at radius 1 is 1.17 bits per heavy atom. The van der Waals surface area contributed by atoms with Gasteiger partial charge in [0.15, 0.2) is 0 Å². The van der Waals surface area contributed by atoms with Crippen molar-refractivity contribution in [3.63, 3.8) is 0 Å². The zero-order valence-corrected chi connectivity index (χ0v) is 15.1. The van der Waals surface area contributed by atoms with Crippen LogP contribution in [-0.2, 0) is 21.2 Å². The Balaban J connectivity index is 1.98. The second-order valence-electron chi connectivity index (χ2n) is 5.46. The summed E-state index contributed by atoms with van der Waals surface area (Å²) in [5.41, 5.74) is 2.08. The number of carbonyl (C=O) groups excluding carboxylic acids is 1. The van der Waals surface area contributed by atoms with Gasteiger partial charge in [0.05, 0.1) is 11.9 Å². The van der Waals surface area contributed by atoms with Gasteiger partial charge >= 0.3 is 0 Å². The highest BCUT2D eigenvalue weighted by Crippen LogP contribution is 2.20. The molecule has 2 aromatic carbocycles. The van der Waals surface area contributed by atoms with Crippen molar-refractivity contribution in [1.82, 2.24) is 0 Å². The van der Waals surface area contributed by atoms with Gasteiger partial charge in [-0.15, -0.1) is 0 Å². The minimum Gasteiger partial charge on any atom is -0.326 e. The molecule has 1 amide bonds. The number of rotatable bonds is 6. The topological polar surface area (TPSA) is 66.5 Å². The fourth-order valence-electron chi connectivity index (χ4n) is 2.10. The molecule has 0 heterocycles. The number of benzene rings is 2. The van der Waals surface area contributed by atoms with Crippen LogP contribution in [0.3, 0.4) is 0 Å². The van der Waals surface area contributed by atoms with Crippen molar-refractivity contribution >= 4 is 38.9 Å². The lowest BCUT2D eigenvalue weighted by Crippen LogP contribution is -2.24. The first kappa shape index (κ1) is 18.3. The summed E-state index contributed by atoms with van der Waals surface area (Å²) in [5.74, 6) is -0.135. The molecule has 2 aromatic rings. The third-order valence-electron chi connectivity index (χ3n) is 3.54. The van der Waals surface area contributed by atoms with Crippen LogP contribution in [0.2, 0.25) is 5.02 Å². The molecule has 0 spiro atoms. The maximum Gasteiger partial charge on any atom is 0.231 e. The van der Waals surface area contributed by atoms with Gasteiger partial charge in [0.2, 0.25) is 15.9 Å². The number of anilines is 2. The quantitative estimate of drug-likeness (QED) is 0.852. The average molecular weight is 367 g/mol. The summed E-state index contributed by atoms with van der Waals surface area (Å²) < 4.78 is 24.3. The molecular weight excluding hydrogens is 348 g/mol. The molecule has 0 radical (unpaired) electrons. The molecule has 2 rings (SSSR count). The van der Waals surface area contributed by atoms with E-state index in [1.54, 1.807) is 36.4 Å². The lowest BCUT2D eigenvalue weighted by molar-refractivity contribution is -0.116. The van der Waals surface area contributed by atoms with Crippen LogP contribution in [0.5, 0.6) is 0 Å². The van der Waals surface area contributed by atoms with Gasteiger partial charge in [0, 0.05) is 24.2 Å². The van der Waals surface area contributed by atoms with E-state index >= 15 is 0 Å². The van der Waals surface area contributed by atoms with Crippen molar-refractivity contribution in [2.45, 2.75) is 12.8 Å². The Morgan fingerprint density at radius 3 is 2.46 bits per heavy atom. The van der Waals surface area contributed by atoms with E-state index in [2.05, 4.69) is 5.32 Å². The number of hydrogen-bond donors (Lipinski definition) is 1. The standard InChI is InChI=1S/C17H19ClN2O3S/c1-20(24(2,22)23)16-5-3-4-15(12-16)19-17(21)11-8-13-6-9-14(18)10-7-13/h3-7,9-10,12H,8,11H2,1-2H3,(H,19,21). The highest BCUT2D eigenvalue weighted by molar-refractivity contribution is 7.92. The number of halogens is 1. The molecule has 24 heavy (non-hydrogen) atoms. The Labute approximate surface area is 147 Å². The van der Waals surface area contributed by atoms with Crippen molar-refractivity contribution in [3.8, 4) is 0 Å². The van der Waals surface area contributed by atoms with Crippen molar-refractivity contribution in [2.75, 3.05) is 22.9 Å². The van der Waals surface area contributed by atoms with Crippen LogP contribution in [0.1, 0.15) is 12.0 Å². The van der Waals surface area contributed by atoms with Crippen molar-refractivity contribution in [1.29, 1.82) is 0 Å². The monoisotopic (exact) mass is 366 g/mol. The lowest BCUT2D eigenvalue weighted by Gasteiger charge is -2.17. The smallest absolute Gasteiger partial charge is 0.231 e. The molecule has 0 aromatic heterocycles. The minimum atomic E-state index is -3.34. The molecule has 5 nitrogen and oxygen atoms in total. The SMILES string of the molecule is CN(c1cccc(NC(=O)CCc2ccc(Cl)cc2)c1)S(C)(=O)=O. The van der Waals surface area contributed by atoms with E-state index < -0.39 is 10.0 Å². The first-order valence-corrected chi connectivity index (χ1v) is 9.56. The highest BCUT2D eigenvalue weighted by Gasteiger charge is 2.12. The lowest BCUT2D eigenvalue weighted by atomic mass is 10.1. The summed E-state index contributed by atoms with van der Waals surface area (Å²) in [7, 11) is -1.87. The fraction of sp³-hybridized carbons (Fsp3) is 0.235. The molecule has 0 aliphatic heterocycles. The van der Waals surface area contributed by atoms with E-state index in [4.69, 9.17) is 11.6 Å².